The lowest BCUT2D eigenvalue weighted by atomic mass is 10.0. The first-order chi connectivity index (χ1) is 9.95. The Hall–Kier alpha value is -1.96. The van der Waals surface area contributed by atoms with Crippen molar-refractivity contribution in [1.82, 2.24) is 9.88 Å². The van der Waals surface area contributed by atoms with Gasteiger partial charge in [0.05, 0.1) is 0 Å². The van der Waals surface area contributed by atoms with Gasteiger partial charge in [0.1, 0.15) is 5.69 Å². The van der Waals surface area contributed by atoms with Crippen LogP contribution in [0, 0.1) is 5.92 Å². The van der Waals surface area contributed by atoms with E-state index in [9.17, 15) is 14.4 Å². The number of thiazole rings is 1. The Morgan fingerprint density at radius 2 is 2.29 bits per heavy atom. The van der Waals surface area contributed by atoms with Crippen LogP contribution >= 0.6 is 11.3 Å². The molecule has 114 valence electrons. The minimum Gasteiger partial charge on any atom is -0.481 e. The van der Waals surface area contributed by atoms with Crippen LogP contribution in [0.4, 0.5) is 5.13 Å². The monoisotopic (exact) mass is 311 g/mol. The summed E-state index contributed by atoms with van der Waals surface area (Å²) in [7, 11) is 0. The van der Waals surface area contributed by atoms with E-state index >= 15 is 0 Å². The number of aromatic nitrogens is 1. The number of anilines is 1. The van der Waals surface area contributed by atoms with Crippen molar-refractivity contribution in [3.8, 4) is 0 Å². The number of amides is 2. The molecule has 0 saturated carbocycles. The predicted molar refractivity (Wildman–Crippen MR) is 77.3 cm³/mol. The van der Waals surface area contributed by atoms with Crippen molar-refractivity contribution in [3.05, 3.63) is 11.1 Å². The first-order valence-corrected chi connectivity index (χ1v) is 7.58. The fraction of sp³-hybridized carbons (Fsp3) is 0.538. The van der Waals surface area contributed by atoms with Crippen LogP contribution < -0.4 is 5.32 Å². The molecular formula is C13H17N3O4S. The van der Waals surface area contributed by atoms with E-state index in [2.05, 4.69) is 10.3 Å². The maximum absolute atomic E-state index is 12.3. The van der Waals surface area contributed by atoms with Gasteiger partial charge < -0.3 is 15.3 Å². The Morgan fingerprint density at radius 3 is 2.95 bits per heavy atom. The van der Waals surface area contributed by atoms with Crippen molar-refractivity contribution in [2.75, 3.05) is 18.4 Å². The zero-order valence-electron chi connectivity index (χ0n) is 11.7. The molecule has 1 saturated heterocycles. The molecule has 7 nitrogen and oxygen atoms in total. The summed E-state index contributed by atoms with van der Waals surface area (Å²) in [5.41, 5.74) is 0.322. The van der Waals surface area contributed by atoms with Gasteiger partial charge in [0.25, 0.3) is 5.91 Å². The fourth-order valence-corrected chi connectivity index (χ4v) is 3.05. The van der Waals surface area contributed by atoms with E-state index in [4.69, 9.17) is 5.11 Å². The van der Waals surface area contributed by atoms with Gasteiger partial charge >= 0.3 is 5.97 Å². The van der Waals surface area contributed by atoms with E-state index in [0.29, 0.717) is 30.3 Å². The Labute approximate surface area is 126 Å². The topological polar surface area (TPSA) is 99.6 Å². The number of carbonyl (C=O) groups excluding carboxylic acids is 2. The van der Waals surface area contributed by atoms with Crippen LogP contribution in [0.1, 0.15) is 36.7 Å². The van der Waals surface area contributed by atoms with Crippen molar-refractivity contribution in [2.24, 2.45) is 5.92 Å². The number of nitrogens with zero attached hydrogens (tertiary/aromatic N) is 2. The minimum atomic E-state index is -0.806. The molecule has 1 aromatic heterocycles. The number of aliphatic carboxylic acids is 1. The van der Waals surface area contributed by atoms with Gasteiger partial charge in [0.15, 0.2) is 5.13 Å². The molecule has 0 radical (unpaired) electrons. The number of nitrogens with one attached hydrogen (secondary N) is 1. The number of carboxylic acid groups (broad SMARTS) is 1. The molecule has 2 heterocycles. The molecule has 0 aromatic carbocycles. The highest BCUT2D eigenvalue weighted by atomic mass is 32.1. The SMILES string of the molecule is CC(=O)Nc1nc(C(=O)N2CCC(CCC(=O)O)C2)cs1. The lowest BCUT2D eigenvalue weighted by molar-refractivity contribution is -0.137. The zero-order valence-corrected chi connectivity index (χ0v) is 12.5. The van der Waals surface area contributed by atoms with Gasteiger partial charge in [-0.05, 0) is 18.8 Å². The van der Waals surface area contributed by atoms with E-state index < -0.39 is 5.97 Å². The summed E-state index contributed by atoms with van der Waals surface area (Å²) in [5.74, 6) is -0.961. The van der Waals surface area contributed by atoms with Gasteiger partial charge in [-0.25, -0.2) is 4.98 Å². The second-order valence-corrected chi connectivity index (χ2v) is 5.92. The molecule has 1 aliphatic heterocycles. The van der Waals surface area contributed by atoms with Crippen molar-refractivity contribution >= 4 is 34.3 Å². The zero-order chi connectivity index (χ0) is 15.4. The molecule has 1 aliphatic rings. The number of hydrogen-bond acceptors (Lipinski definition) is 5. The maximum atomic E-state index is 12.3. The summed E-state index contributed by atoms with van der Waals surface area (Å²) in [6, 6.07) is 0. The second-order valence-electron chi connectivity index (χ2n) is 5.06. The van der Waals surface area contributed by atoms with Crippen molar-refractivity contribution in [3.63, 3.8) is 0 Å². The maximum Gasteiger partial charge on any atom is 0.303 e. The summed E-state index contributed by atoms with van der Waals surface area (Å²) in [6.45, 7) is 2.58. The molecule has 2 rings (SSSR count). The van der Waals surface area contributed by atoms with E-state index in [1.165, 1.54) is 18.3 Å². The first-order valence-electron chi connectivity index (χ1n) is 6.70. The molecule has 1 atom stereocenters. The molecule has 2 N–H and O–H groups in total. The Bertz CT molecular complexity index is 557. The number of hydrogen-bond donors (Lipinski definition) is 2. The highest BCUT2D eigenvalue weighted by Gasteiger charge is 2.28. The molecule has 21 heavy (non-hydrogen) atoms. The number of carboxylic acids is 1. The van der Waals surface area contributed by atoms with Crippen LogP contribution in [0.2, 0.25) is 0 Å². The number of rotatable bonds is 5. The highest BCUT2D eigenvalue weighted by Crippen LogP contribution is 2.24. The summed E-state index contributed by atoms with van der Waals surface area (Å²) >= 11 is 1.21. The van der Waals surface area contributed by atoms with Crippen LogP contribution in [-0.2, 0) is 9.59 Å². The summed E-state index contributed by atoms with van der Waals surface area (Å²) in [5, 5.41) is 13.3. The van der Waals surface area contributed by atoms with Gasteiger partial charge in [0, 0.05) is 31.8 Å². The van der Waals surface area contributed by atoms with Crippen molar-refractivity contribution in [1.29, 1.82) is 0 Å². The lowest BCUT2D eigenvalue weighted by Crippen LogP contribution is -2.29. The normalized spacial score (nSPS) is 17.8. The van der Waals surface area contributed by atoms with Gasteiger partial charge in [-0.15, -0.1) is 11.3 Å². The number of likely N-dealkylation sites (tertiary alicyclic amines) is 1. The fourth-order valence-electron chi connectivity index (χ4n) is 2.32. The third kappa shape index (κ3) is 4.25. The molecule has 1 fully saturated rings. The molecular weight excluding hydrogens is 294 g/mol. The van der Waals surface area contributed by atoms with Crippen LogP contribution in [-0.4, -0.2) is 45.9 Å². The van der Waals surface area contributed by atoms with Crippen molar-refractivity contribution in [2.45, 2.75) is 26.2 Å². The van der Waals surface area contributed by atoms with Gasteiger partial charge in [-0.2, -0.15) is 0 Å². The second kappa shape index (κ2) is 6.66. The summed E-state index contributed by atoms with van der Waals surface area (Å²) in [6.07, 6.45) is 1.55. The average Bonchev–Trinajstić information content (AvgIpc) is 3.03. The molecule has 0 aliphatic carbocycles. The quantitative estimate of drug-likeness (QED) is 0.857. The van der Waals surface area contributed by atoms with Crippen LogP contribution in [0.25, 0.3) is 0 Å². The third-order valence-corrected chi connectivity index (χ3v) is 4.10. The Balaban J connectivity index is 1.90. The van der Waals surface area contributed by atoms with Crippen LogP contribution in [0.3, 0.4) is 0 Å². The first kappa shape index (κ1) is 15.4. The van der Waals surface area contributed by atoms with E-state index in [1.807, 2.05) is 0 Å². The average molecular weight is 311 g/mol. The van der Waals surface area contributed by atoms with E-state index in [0.717, 1.165) is 6.42 Å². The Morgan fingerprint density at radius 1 is 1.52 bits per heavy atom. The van der Waals surface area contributed by atoms with Gasteiger partial charge in [-0.3, -0.25) is 14.4 Å². The lowest BCUT2D eigenvalue weighted by Gasteiger charge is -2.14. The number of carbonyl (C=O) groups is 3. The van der Waals surface area contributed by atoms with E-state index in [1.54, 1.807) is 10.3 Å². The summed E-state index contributed by atoms with van der Waals surface area (Å²) in [4.78, 5) is 39.6. The predicted octanol–water partition coefficient (Wildman–Crippen LogP) is 1.43. The molecule has 8 heteroatoms. The van der Waals surface area contributed by atoms with Crippen LogP contribution in [0.15, 0.2) is 5.38 Å². The third-order valence-electron chi connectivity index (χ3n) is 3.35. The smallest absolute Gasteiger partial charge is 0.303 e. The minimum absolute atomic E-state index is 0.135. The largest absolute Gasteiger partial charge is 0.481 e. The standard InChI is InChI=1S/C13H17N3O4S/c1-8(17)14-13-15-10(7-21-13)12(20)16-5-4-9(6-16)2-3-11(18)19/h7,9H,2-6H2,1H3,(H,18,19)(H,14,15,17). The highest BCUT2D eigenvalue weighted by molar-refractivity contribution is 7.14. The molecule has 2 amide bonds. The summed E-state index contributed by atoms with van der Waals surface area (Å²) < 4.78 is 0. The van der Waals surface area contributed by atoms with Crippen molar-refractivity contribution < 1.29 is 19.5 Å². The molecule has 1 unspecified atom stereocenters. The van der Waals surface area contributed by atoms with E-state index in [-0.39, 0.29) is 24.2 Å². The molecule has 0 spiro atoms. The van der Waals surface area contributed by atoms with Gasteiger partial charge in [0.2, 0.25) is 5.91 Å². The van der Waals surface area contributed by atoms with Gasteiger partial charge in [-0.1, -0.05) is 0 Å². The molecule has 0 bridgehead atoms. The molecule has 1 aromatic rings. The Kier molecular flexibility index (Phi) is 4.89. The van der Waals surface area contributed by atoms with Crippen LogP contribution in [0.5, 0.6) is 0 Å².